The van der Waals surface area contributed by atoms with Crippen LogP contribution in [0.5, 0.6) is 0 Å². The summed E-state index contributed by atoms with van der Waals surface area (Å²) in [5.74, 6) is -0.208. The number of amides is 1. The molecule has 5 heteroatoms. The lowest BCUT2D eigenvalue weighted by Crippen LogP contribution is -2.51. The topological polar surface area (TPSA) is 64.4 Å². The van der Waals surface area contributed by atoms with Crippen LogP contribution in [0.2, 0.25) is 5.02 Å². The first-order valence-corrected chi connectivity index (χ1v) is 5.83. The minimum Gasteiger partial charge on any atom is -0.379 e. The van der Waals surface area contributed by atoms with Crippen molar-refractivity contribution in [1.82, 2.24) is 0 Å². The van der Waals surface area contributed by atoms with Gasteiger partial charge in [0.25, 0.3) is 0 Å². The molecule has 1 unspecified atom stereocenters. The van der Waals surface area contributed by atoms with Gasteiger partial charge in [0.15, 0.2) is 0 Å². The Morgan fingerprint density at radius 3 is 2.94 bits per heavy atom. The summed E-state index contributed by atoms with van der Waals surface area (Å²) >= 11 is 5.85. The summed E-state index contributed by atoms with van der Waals surface area (Å²) in [5, 5.41) is 3.46. The van der Waals surface area contributed by atoms with Crippen molar-refractivity contribution in [3.05, 3.63) is 28.8 Å². The molecule has 0 radical (unpaired) electrons. The Balaban J connectivity index is 2.13. The Bertz CT molecular complexity index is 442. The third-order valence-corrected chi connectivity index (χ3v) is 3.18. The van der Waals surface area contributed by atoms with Crippen molar-refractivity contribution in [2.24, 2.45) is 5.73 Å². The highest BCUT2D eigenvalue weighted by Crippen LogP contribution is 2.22. The first-order valence-electron chi connectivity index (χ1n) is 5.45. The molecule has 3 N–H and O–H groups in total. The minimum absolute atomic E-state index is 0.208. The number of nitrogens with one attached hydrogen (secondary N) is 1. The van der Waals surface area contributed by atoms with Gasteiger partial charge >= 0.3 is 0 Å². The molecule has 1 aromatic carbocycles. The molecule has 1 aliphatic heterocycles. The first-order chi connectivity index (χ1) is 8.01. The second-order valence-corrected chi connectivity index (χ2v) is 4.81. The molecule has 1 fully saturated rings. The van der Waals surface area contributed by atoms with Crippen molar-refractivity contribution < 1.29 is 9.53 Å². The Kier molecular flexibility index (Phi) is 3.38. The van der Waals surface area contributed by atoms with E-state index in [1.54, 1.807) is 18.2 Å². The summed E-state index contributed by atoms with van der Waals surface area (Å²) in [6.45, 7) is 2.69. The number of carbonyl (C=O) groups excluding carboxylic acids is 1. The molecule has 0 spiro atoms. The van der Waals surface area contributed by atoms with Gasteiger partial charge in [0, 0.05) is 17.3 Å². The quantitative estimate of drug-likeness (QED) is 0.844. The molecule has 92 valence electrons. The Hall–Kier alpha value is -1.10. The van der Waals surface area contributed by atoms with Gasteiger partial charge < -0.3 is 15.8 Å². The van der Waals surface area contributed by atoms with E-state index in [1.807, 2.05) is 6.92 Å². The van der Waals surface area contributed by atoms with Crippen LogP contribution < -0.4 is 11.1 Å². The smallest absolute Gasteiger partial charge is 0.246 e. The molecule has 17 heavy (non-hydrogen) atoms. The van der Waals surface area contributed by atoms with Crippen LogP contribution in [0.3, 0.4) is 0 Å². The summed E-state index contributed by atoms with van der Waals surface area (Å²) in [6, 6.07) is 5.30. The van der Waals surface area contributed by atoms with E-state index in [-0.39, 0.29) is 12.5 Å². The minimum atomic E-state index is -0.911. The maximum Gasteiger partial charge on any atom is 0.246 e. The number of hydrogen-bond donors (Lipinski definition) is 2. The lowest BCUT2D eigenvalue weighted by atomic mass is 9.99. The van der Waals surface area contributed by atoms with Gasteiger partial charge in [0.05, 0.1) is 6.61 Å². The molecule has 0 aromatic heterocycles. The predicted molar refractivity (Wildman–Crippen MR) is 67.2 cm³/mol. The molecule has 0 bridgehead atoms. The van der Waals surface area contributed by atoms with Crippen molar-refractivity contribution in [3.63, 3.8) is 0 Å². The van der Waals surface area contributed by atoms with Crippen LogP contribution in [0.1, 0.15) is 12.0 Å². The van der Waals surface area contributed by atoms with Gasteiger partial charge in [-0.3, -0.25) is 4.79 Å². The monoisotopic (exact) mass is 254 g/mol. The zero-order valence-electron chi connectivity index (χ0n) is 9.63. The fourth-order valence-corrected chi connectivity index (χ4v) is 2.00. The van der Waals surface area contributed by atoms with Crippen molar-refractivity contribution in [1.29, 1.82) is 0 Å². The zero-order valence-corrected chi connectivity index (χ0v) is 10.4. The number of aryl methyl sites for hydroxylation is 1. The van der Waals surface area contributed by atoms with Crippen molar-refractivity contribution in [3.8, 4) is 0 Å². The lowest BCUT2D eigenvalue weighted by molar-refractivity contribution is -0.121. The average Bonchev–Trinajstić information content (AvgIpc) is 2.71. The van der Waals surface area contributed by atoms with E-state index in [4.69, 9.17) is 22.1 Å². The molecule has 1 atom stereocenters. The van der Waals surface area contributed by atoms with Crippen molar-refractivity contribution in [2.75, 3.05) is 18.5 Å². The Labute approximate surface area is 105 Å². The van der Waals surface area contributed by atoms with Crippen LogP contribution in [0.4, 0.5) is 5.69 Å². The molecule has 2 rings (SSSR count). The molecule has 1 saturated heterocycles. The number of benzene rings is 1. The summed E-state index contributed by atoms with van der Waals surface area (Å²) in [7, 11) is 0. The first kappa shape index (κ1) is 12.4. The van der Waals surface area contributed by atoms with Crippen LogP contribution in [0.15, 0.2) is 18.2 Å². The number of hydrogen-bond acceptors (Lipinski definition) is 3. The number of anilines is 1. The van der Waals surface area contributed by atoms with Crippen LogP contribution in [-0.4, -0.2) is 24.7 Å². The third kappa shape index (κ3) is 2.60. The largest absolute Gasteiger partial charge is 0.379 e. The molecule has 1 heterocycles. The van der Waals surface area contributed by atoms with Crippen molar-refractivity contribution >= 4 is 23.2 Å². The number of carbonyl (C=O) groups is 1. The van der Waals surface area contributed by atoms with E-state index in [2.05, 4.69) is 5.32 Å². The summed E-state index contributed by atoms with van der Waals surface area (Å²) in [4.78, 5) is 12.0. The fourth-order valence-electron chi connectivity index (χ4n) is 1.77. The predicted octanol–water partition coefficient (Wildman–Crippen LogP) is 1.70. The van der Waals surface area contributed by atoms with E-state index in [0.29, 0.717) is 18.1 Å². The van der Waals surface area contributed by atoms with Gasteiger partial charge in [-0.15, -0.1) is 0 Å². The van der Waals surface area contributed by atoms with E-state index >= 15 is 0 Å². The maximum absolute atomic E-state index is 12.0. The van der Waals surface area contributed by atoms with Gasteiger partial charge in [-0.1, -0.05) is 11.6 Å². The maximum atomic E-state index is 12.0. The van der Waals surface area contributed by atoms with Gasteiger partial charge in [-0.05, 0) is 37.1 Å². The molecule has 4 nitrogen and oxygen atoms in total. The molecule has 1 aromatic rings. The summed E-state index contributed by atoms with van der Waals surface area (Å²) in [6.07, 6.45) is 0.547. The summed E-state index contributed by atoms with van der Waals surface area (Å²) in [5.41, 5.74) is 6.70. The van der Waals surface area contributed by atoms with E-state index in [0.717, 1.165) is 11.3 Å². The average molecular weight is 255 g/mol. The molecule has 1 aliphatic rings. The zero-order chi connectivity index (χ0) is 12.5. The van der Waals surface area contributed by atoms with Gasteiger partial charge in [-0.25, -0.2) is 0 Å². The van der Waals surface area contributed by atoms with Crippen molar-refractivity contribution in [2.45, 2.75) is 18.9 Å². The van der Waals surface area contributed by atoms with Gasteiger partial charge in [0.1, 0.15) is 5.54 Å². The third-order valence-electron chi connectivity index (χ3n) is 2.94. The Morgan fingerprint density at radius 1 is 1.59 bits per heavy atom. The highest BCUT2D eigenvalue weighted by Gasteiger charge is 2.38. The molecule has 0 saturated carbocycles. The summed E-state index contributed by atoms with van der Waals surface area (Å²) < 4.78 is 5.16. The van der Waals surface area contributed by atoms with Gasteiger partial charge in [-0.2, -0.15) is 0 Å². The normalized spacial score (nSPS) is 23.7. The second-order valence-electron chi connectivity index (χ2n) is 4.37. The number of rotatable bonds is 2. The fraction of sp³-hybridized carbons (Fsp3) is 0.417. The molecule has 1 amide bonds. The Morgan fingerprint density at radius 2 is 2.35 bits per heavy atom. The van der Waals surface area contributed by atoms with E-state index < -0.39 is 5.54 Å². The van der Waals surface area contributed by atoms with Gasteiger partial charge in [0.2, 0.25) is 5.91 Å². The SMILES string of the molecule is Cc1cc(Cl)ccc1NC(=O)C1(N)CCOC1. The van der Waals surface area contributed by atoms with E-state index in [9.17, 15) is 4.79 Å². The lowest BCUT2D eigenvalue weighted by Gasteiger charge is -2.21. The molecular weight excluding hydrogens is 240 g/mol. The highest BCUT2D eigenvalue weighted by atomic mass is 35.5. The van der Waals surface area contributed by atoms with Crippen LogP contribution in [-0.2, 0) is 9.53 Å². The number of nitrogens with two attached hydrogens (primary N) is 1. The standard InChI is InChI=1S/C12H15ClN2O2/c1-8-6-9(13)2-3-10(8)15-11(16)12(14)4-5-17-7-12/h2-3,6H,4-5,7,14H2,1H3,(H,15,16). The van der Waals surface area contributed by atoms with Crippen LogP contribution in [0, 0.1) is 6.92 Å². The van der Waals surface area contributed by atoms with Crippen LogP contribution >= 0.6 is 11.6 Å². The highest BCUT2D eigenvalue weighted by molar-refractivity contribution is 6.30. The van der Waals surface area contributed by atoms with E-state index in [1.165, 1.54) is 0 Å². The molecular formula is C12H15ClN2O2. The second kappa shape index (κ2) is 4.64. The van der Waals surface area contributed by atoms with Crippen LogP contribution in [0.25, 0.3) is 0 Å². The number of halogens is 1. The molecule has 0 aliphatic carbocycles. The number of ether oxygens (including phenoxy) is 1.